The van der Waals surface area contributed by atoms with E-state index >= 15 is 0 Å². The smallest absolute Gasteiger partial charge is 0.240 e. The van der Waals surface area contributed by atoms with E-state index in [1.54, 1.807) is 29.2 Å². The Morgan fingerprint density at radius 3 is 2.35 bits per heavy atom. The monoisotopic (exact) mass is 340 g/mol. The summed E-state index contributed by atoms with van der Waals surface area (Å²) in [5.74, 6) is -0.0568. The summed E-state index contributed by atoms with van der Waals surface area (Å²) in [6.45, 7) is 6.94. The summed E-state index contributed by atoms with van der Waals surface area (Å²) in [4.78, 5) is 14.1. The fourth-order valence-corrected chi connectivity index (χ4v) is 3.66. The van der Waals surface area contributed by atoms with E-state index in [1.807, 2.05) is 20.8 Å². The maximum absolute atomic E-state index is 12.2. The van der Waals surface area contributed by atoms with E-state index in [2.05, 4.69) is 4.72 Å². The third-order valence-corrected chi connectivity index (χ3v) is 5.21. The van der Waals surface area contributed by atoms with Gasteiger partial charge in [0.25, 0.3) is 0 Å². The van der Waals surface area contributed by atoms with Crippen molar-refractivity contribution in [3.05, 3.63) is 29.8 Å². The van der Waals surface area contributed by atoms with Gasteiger partial charge in [0.1, 0.15) is 0 Å². The van der Waals surface area contributed by atoms with Crippen LogP contribution in [-0.2, 0) is 19.6 Å². The molecule has 128 valence electrons. The third-order valence-electron chi connectivity index (χ3n) is 3.73. The van der Waals surface area contributed by atoms with Crippen molar-refractivity contribution in [1.29, 1.82) is 0 Å². The van der Waals surface area contributed by atoms with Crippen molar-refractivity contribution in [2.24, 2.45) is 0 Å². The van der Waals surface area contributed by atoms with Crippen molar-refractivity contribution < 1.29 is 17.9 Å². The van der Waals surface area contributed by atoms with Gasteiger partial charge in [-0.05, 0) is 32.9 Å². The Kier molecular flexibility index (Phi) is 5.78. The SMILES string of the molecule is Cc1ccc(S(=O)(=O)NCCC(=O)N2C[C@H](C)O[C@@H](C)C2)cc1. The number of nitrogens with zero attached hydrogens (tertiary/aromatic N) is 1. The van der Waals surface area contributed by atoms with Gasteiger partial charge in [0, 0.05) is 26.1 Å². The highest BCUT2D eigenvalue weighted by atomic mass is 32.2. The molecule has 1 amide bonds. The molecular formula is C16H24N2O4S. The van der Waals surface area contributed by atoms with E-state index in [9.17, 15) is 13.2 Å². The Bertz CT molecular complexity index is 633. The van der Waals surface area contributed by atoms with Gasteiger partial charge >= 0.3 is 0 Å². The Balaban J connectivity index is 1.86. The van der Waals surface area contributed by atoms with Crippen LogP contribution in [0.3, 0.4) is 0 Å². The average Bonchev–Trinajstić information content (AvgIpc) is 2.46. The number of sulfonamides is 1. The van der Waals surface area contributed by atoms with E-state index < -0.39 is 10.0 Å². The van der Waals surface area contributed by atoms with Crippen LogP contribution < -0.4 is 4.72 Å². The van der Waals surface area contributed by atoms with Crippen LogP contribution >= 0.6 is 0 Å². The van der Waals surface area contributed by atoms with Crippen LogP contribution in [-0.4, -0.2) is 51.1 Å². The lowest BCUT2D eigenvalue weighted by Crippen LogP contribution is -2.48. The Morgan fingerprint density at radius 2 is 1.78 bits per heavy atom. The number of hydrogen-bond donors (Lipinski definition) is 1. The standard InChI is InChI=1S/C16H24N2O4S/c1-12-4-6-15(7-5-12)23(20,21)17-9-8-16(19)18-10-13(2)22-14(3)11-18/h4-7,13-14,17H,8-11H2,1-3H3/t13-,14-/m0/s1. The van der Waals surface area contributed by atoms with Crippen molar-refractivity contribution in [2.45, 2.75) is 44.3 Å². The van der Waals surface area contributed by atoms with Gasteiger partial charge in [0.15, 0.2) is 0 Å². The summed E-state index contributed by atoms with van der Waals surface area (Å²) in [5, 5.41) is 0. The van der Waals surface area contributed by atoms with Gasteiger partial charge in [-0.2, -0.15) is 0 Å². The number of nitrogens with one attached hydrogen (secondary N) is 1. The molecule has 0 unspecified atom stereocenters. The lowest BCUT2D eigenvalue weighted by Gasteiger charge is -2.35. The molecule has 0 radical (unpaired) electrons. The van der Waals surface area contributed by atoms with Gasteiger partial charge in [0.05, 0.1) is 17.1 Å². The zero-order chi connectivity index (χ0) is 17.0. The summed E-state index contributed by atoms with van der Waals surface area (Å²) < 4.78 is 32.4. The van der Waals surface area contributed by atoms with E-state index in [4.69, 9.17) is 4.74 Å². The number of hydrogen-bond acceptors (Lipinski definition) is 4. The number of aryl methyl sites for hydroxylation is 1. The highest BCUT2D eigenvalue weighted by Crippen LogP contribution is 2.12. The van der Waals surface area contributed by atoms with Crippen LogP contribution in [0.5, 0.6) is 0 Å². The predicted octanol–water partition coefficient (Wildman–Crippen LogP) is 1.30. The van der Waals surface area contributed by atoms with Crippen LogP contribution in [0.1, 0.15) is 25.8 Å². The molecule has 0 aliphatic carbocycles. The minimum absolute atomic E-state index is 0.00644. The Morgan fingerprint density at radius 1 is 1.22 bits per heavy atom. The van der Waals surface area contributed by atoms with E-state index in [0.717, 1.165) is 5.56 Å². The molecule has 23 heavy (non-hydrogen) atoms. The van der Waals surface area contributed by atoms with Gasteiger partial charge in [-0.15, -0.1) is 0 Å². The number of ether oxygens (including phenoxy) is 1. The first kappa shape index (κ1) is 17.9. The van der Waals surface area contributed by atoms with Gasteiger partial charge in [-0.1, -0.05) is 17.7 Å². The molecule has 1 fully saturated rings. The first-order valence-electron chi connectivity index (χ1n) is 7.77. The molecule has 1 N–H and O–H groups in total. The molecule has 0 saturated carbocycles. The fraction of sp³-hybridized carbons (Fsp3) is 0.562. The molecule has 6 nitrogen and oxygen atoms in total. The van der Waals surface area contributed by atoms with Crippen molar-refractivity contribution in [3.8, 4) is 0 Å². The number of rotatable bonds is 5. The van der Waals surface area contributed by atoms with E-state index in [-0.39, 0.29) is 36.0 Å². The second-order valence-corrected chi connectivity index (χ2v) is 7.78. The summed E-state index contributed by atoms with van der Waals surface area (Å²) >= 11 is 0. The number of carbonyl (C=O) groups excluding carboxylic acids is 1. The van der Waals surface area contributed by atoms with Crippen LogP contribution in [0.4, 0.5) is 0 Å². The molecule has 0 spiro atoms. The van der Waals surface area contributed by atoms with Crippen LogP contribution in [0, 0.1) is 6.92 Å². The first-order chi connectivity index (χ1) is 10.8. The lowest BCUT2D eigenvalue weighted by atomic mass is 10.2. The minimum atomic E-state index is -3.57. The molecule has 2 rings (SSSR count). The van der Waals surface area contributed by atoms with Crippen molar-refractivity contribution >= 4 is 15.9 Å². The van der Waals surface area contributed by atoms with E-state index in [0.29, 0.717) is 13.1 Å². The molecule has 1 saturated heterocycles. The average molecular weight is 340 g/mol. The molecule has 0 aromatic heterocycles. The Labute approximate surface area is 137 Å². The second-order valence-electron chi connectivity index (χ2n) is 6.02. The van der Waals surface area contributed by atoms with Crippen LogP contribution in [0.25, 0.3) is 0 Å². The molecule has 0 bridgehead atoms. The van der Waals surface area contributed by atoms with Gasteiger partial charge < -0.3 is 9.64 Å². The van der Waals surface area contributed by atoms with Crippen molar-refractivity contribution in [1.82, 2.24) is 9.62 Å². The largest absolute Gasteiger partial charge is 0.372 e. The number of carbonyl (C=O) groups is 1. The number of amides is 1. The molecule has 1 aliphatic heterocycles. The molecule has 2 atom stereocenters. The summed E-state index contributed by atoms with van der Waals surface area (Å²) in [5.41, 5.74) is 0.995. The predicted molar refractivity (Wildman–Crippen MR) is 87.6 cm³/mol. The highest BCUT2D eigenvalue weighted by molar-refractivity contribution is 7.89. The Hall–Kier alpha value is -1.44. The summed E-state index contributed by atoms with van der Waals surface area (Å²) in [6, 6.07) is 6.61. The van der Waals surface area contributed by atoms with Gasteiger partial charge in [-0.3, -0.25) is 4.79 Å². The number of morpholine rings is 1. The quantitative estimate of drug-likeness (QED) is 0.877. The van der Waals surface area contributed by atoms with Gasteiger partial charge in [0.2, 0.25) is 15.9 Å². The topological polar surface area (TPSA) is 75.7 Å². The highest BCUT2D eigenvalue weighted by Gasteiger charge is 2.25. The summed E-state index contributed by atoms with van der Waals surface area (Å²) in [6.07, 6.45) is 0.156. The first-order valence-corrected chi connectivity index (χ1v) is 9.26. The van der Waals surface area contributed by atoms with Crippen LogP contribution in [0.2, 0.25) is 0 Å². The van der Waals surface area contributed by atoms with E-state index in [1.165, 1.54) is 0 Å². The normalized spacial score (nSPS) is 22.1. The molecule has 1 aromatic carbocycles. The zero-order valence-electron chi connectivity index (χ0n) is 13.8. The number of benzene rings is 1. The van der Waals surface area contributed by atoms with Crippen LogP contribution in [0.15, 0.2) is 29.2 Å². The second kappa shape index (κ2) is 7.42. The van der Waals surface area contributed by atoms with Gasteiger partial charge in [-0.25, -0.2) is 13.1 Å². The minimum Gasteiger partial charge on any atom is -0.372 e. The molecule has 7 heteroatoms. The lowest BCUT2D eigenvalue weighted by molar-refractivity contribution is -0.143. The maximum Gasteiger partial charge on any atom is 0.240 e. The van der Waals surface area contributed by atoms with Crippen molar-refractivity contribution in [2.75, 3.05) is 19.6 Å². The molecule has 1 heterocycles. The molecule has 1 aromatic rings. The summed E-state index contributed by atoms with van der Waals surface area (Å²) in [7, 11) is -3.57. The maximum atomic E-state index is 12.2. The fourth-order valence-electron chi connectivity index (χ4n) is 2.63. The zero-order valence-corrected chi connectivity index (χ0v) is 14.6. The molecular weight excluding hydrogens is 316 g/mol. The third kappa shape index (κ3) is 5.02. The van der Waals surface area contributed by atoms with Crippen molar-refractivity contribution in [3.63, 3.8) is 0 Å². The molecule has 1 aliphatic rings.